The SMILES string of the molecule is CC1CCC1.CNC(=O)c1cnc2c(NC)cc(N3CCc4c(-c5ccc(CN6CC7(CCN(C(=O)c8ccc(Cl)c(N9CCC(=O)NC9=O)c8)CC7(F)F)C6)cn5)cccc43)nn12. The quantitative estimate of drug-likeness (QED) is 0.152. The molecule has 0 bridgehead atoms. The molecule has 0 atom stereocenters. The molecule has 1 aliphatic carbocycles. The summed E-state index contributed by atoms with van der Waals surface area (Å²) in [6.07, 6.45) is 8.73. The van der Waals surface area contributed by atoms with Crippen LogP contribution >= 0.6 is 11.6 Å². The van der Waals surface area contributed by atoms with Gasteiger partial charge in [-0.15, -0.1) is 5.10 Å². The average Bonchev–Trinajstić information content (AvgIpc) is 3.91. The first-order valence-corrected chi connectivity index (χ1v) is 22.1. The smallest absolute Gasteiger partial charge is 0.328 e. The van der Waals surface area contributed by atoms with Gasteiger partial charge in [0, 0.05) is 88.9 Å². The van der Waals surface area contributed by atoms with Gasteiger partial charge in [-0.3, -0.25) is 34.5 Å². The van der Waals surface area contributed by atoms with Crippen molar-refractivity contribution in [3.8, 4) is 11.3 Å². The standard InChI is InChI=1S/C41H40ClF2N11O4.C5H10/c1-45-30-17-34(50-55-33(37(57)46-2)19-48-36(30)55)53-13-10-27-26(4-3-5-31(27)53)29-9-6-24(18-47-29)20-51-21-40(22-51)12-15-52(23-41(40,43)44)38(58)25-7-8-28(42)32(16-25)54-14-11-35(56)49-39(54)59;1-5-3-2-4-5/h3-9,16-19,45H,10-15,20-23H2,1-2H3,(H,46,57)(H,49,56,59);5H,2-4H2,1H3. The Morgan fingerprint density at radius 3 is 2.38 bits per heavy atom. The fraction of sp³-hybridized carbons (Fsp3) is 0.413. The van der Waals surface area contributed by atoms with E-state index in [0.29, 0.717) is 30.2 Å². The number of rotatable bonds is 8. The minimum absolute atomic E-state index is 0.0717. The summed E-state index contributed by atoms with van der Waals surface area (Å²) in [4.78, 5) is 65.8. The Hall–Kier alpha value is -6.20. The molecule has 0 unspecified atom stereocenters. The molecule has 334 valence electrons. The lowest BCUT2D eigenvalue weighted by atomic mass is 9.69. The van der Waals surface area contributed by atoms with Gasteiger partial charge in [0.15, 0.2) is 17.2 Å². The van der Waals surface area contributed by atoms with E-state index in [0.717, 1.165) is 46.1 Å². The molecule has 2 aromatic carbocycles. The molecule has 4 aliphatic heterocycles. The van der Waals surface area contributed by atoms with Crippen LogP contribution in [0.3, 0.4) is 0 Å². The minimum Gasteiger partial charge on any atom is -0.385 e. The molecule has 0 radical (unpaired) electrons. The molecule has 4 fully saturated rings. The van der Waals surface area contributed by atoms with Crippen molar-refractivity contribution in [2.24, 2.45) is 11.3 Å². The fourth-order valence-corrected chi connectivity index (χ4v) is 9.57. The minimum atomic E-state index is -3.12. The summed E-state index contributed by atoms with van der Waals surface area (Å²) in [7, 11) is 3.37. The number of imidazole rings is 1. The monoisotopic (exact) mass is 893 g/mol. The largest absolute Gasteiger partial charge is 0.385 e. The van der Waals surface area contributed by atoms with E-state index in [2.05, 4.69) is 32.8 Å². The van der Waals surface area contributed by atoms with Crippen molar-refractivity contribution < 1.29 is 28.0 Å². The molecule has 5 aliphatic rings. The fourth-order valence-electron chi connectivity index (χ4n) is 9.35. The number of likely N-dealkylation sites (tertiary alicyclic amines) is 2. The van der Waals surface area contributed by atoms with Crippen molar-refractivity contribution in [3.63, 3.8) is 0 Å². The number of benzene rings is 2. The van der Waals surface area contributed by atoms with Crippen LogP contribution in [0.15, 0.2) is 67.0 Å². The van der Waals surface area contributed by atoms with Crippen LogP contribution in [0.5, 0.6) is 0 Å². The first kappa shape index (κ1) is 43.1. The Balaban J connectivity index is 0.000000971. The second-order valence-electron chi connectivity index (χ2n) is 17.4. The third-order valence-electron chi connectivity index (χ3n) is 13.3. The lowest BCUT2D eigenvalue weighted by Crippen LogP contribution is -2.70. The Morgan fingerprint density at radius 2 is 1.70 bits per heavy atom. The van der Waals surface area contributed by atoms with Gasteiger partial charge in [-0.25, -0.2) is 23.1 Å². The van der Waals surface area contributed by atoms with Crippen molar-refractivity contribution >= 4 is 63.9 Å². The molecule has 5 amide bonds. The maximum atomic E-state index is 15.9. The zero-order valence-corrected chi connectivity index (χ0v) is 36.7. The van der Waals surface area contributed by atoms with Gasteiger partial charge in [0.05, 0.1) is 40.2 Å². The molecule has 7 heterocycles. The highest BCUT2D eigenvalue weighted by atomic mass is 35.5. The van der Waals surface area contributed by atoms with Crippen molar-refractivity contribution in [1.29, 1.82) is 0 Å². The molecular weight excluding hydrogens is 844 g/mol. The normalized spacial score (nSPS) is 19.1. The van der Waals surface area contributed by atoms with Gasteiger partial charge in [0.2, 0.25) is 5.91 Å². The lowest BCUT2D eigenvalue weighted by molar-refractivity contribution is -0.220. The van der Waals surface area contributed by atoms with Crippen molar-refractivity contribution in [3.05, 3.63) is 94.4 Å². The molecule has 5 aromatic rings. The number of aromatic nitrogens is 4. The second kappa shape index (κ2) is 17.1. The van der Waals surface area contributed by atoms with Crippen LogP contribution in [0.2, 0.25) is 5.02 Å². The maximum Gasteiger partial charge on any atom is 0.328 e. The number of hydrogen-bond donors (Lipinski definition) is 3. The molecular formula is C46H50ClF2N11O4. The van der Waals surface area contributed by atoms with E-state index < -0.39 is 35.7 Å². The average molecular weight is 894 g/mol. The number of alkyl halides is 2. The van der Waals surface area contributed by atoms with Gasteiger partial charge < -0.3 is 20.4 Å². The van der Waals surface area contributed by atoms with E-state index in [4.69, 9.17) is 21.7 Å². The van der Waals surface area contributed by atoms with Crippen LogP contribution in [0.1, 0.15) is 71.0 Å². The summed E-state index contributed by atoms with van der Waals surface area (Å²) in [6.45, 7) is 3.37. The molecule has 3 N–H and O–H groups in total. The summed E-state index contributed by atoms with van der Waals surface area (Å²) in [6, 6.07) is 15.6. The number of anilines is 4. The number of nitrogens with zero attached hydrogens (tertiary/aromatic N) is 8. The molecule has 1 spiro atoms. The molecule has 64 heavy (non-hydrogen) atoms. The number of halogens is 3. The van der Waals surface area contributed by atoms with Gasteiger partial charge in [0.1, 0.15) is 0 Å². The zero-order valence-electron chi connectivity index (χ0n) is 36.0. The van der Waals surface area contributed by atoms with Crippen LogP contribution in [-0.4, -0.2) is 112 Å². The summed E-state index contributed by atoms with van der Waals surface area (Å²) < 4.78 is 33.4. The molecule has 1 saturated carbocycles. The number of imide groups is 1. The van der Waals surface area contributed by atoms with Gasteiger partial charge in [-0.1, -0.05) is 56.0 Å². The summed E-state index contributed by atoms with van der Waals surface area (Å²) >= 11 is 6.34. The first-order chi connectivity index (χ1) is 30.8. The van der Waals surface area contributed by atoms with Crippen LogP contribution in [-0.2, 0) is 17.8 Å². The summed E-state index contributed by atoms with van der Waals surface area (Å²) in [5, 5.41) is 13.0. The lowest BCUT2D eigenvalue weighted by Gasteiger charge is -2.57. The Morgan fingerprint density at radius 1 is 0.922 bits per heavy atom. The van der Waals surface area contributed by atoms with E-state index in [1.54, 1.807) is 24.8 Å². The van der Waals surface area contributed by atoms with E-state index in [1.165, 1.54) is 53.5 Å². The van der Waals surface area contributed by atoms with Gasteiger partial charge in [-0.05, 0) is 60.2 Å². The van der Waals surface area contributed by atoms with E-state index in [1.807, 2.05) is 41.3 Å². The third kappa shape index (κ3) is 7.88. The summed E-state index contributed by atoms with van der Waals surface area (Å²) in [5.41, 5.74) is 5.55. The van der Waals surface area contributed by atoms with E-state index >= 15 is 8.78 Å². The molecule has 18 heteroatoms. The van der Waals surface area contributed by atoms with Crippen LogP contribution in [0, 0.1) is 11.3 Å². The highest BCUT2D eigenvalue weighted by molar-refractivity contribution is 6.34. The molecule has 3 saturated heterocycles. The number of pyridine rings is 1. The zero-order chi connectivity index (χ0) is 44.9. The Kier molecular flexibility index (Phi) is 11.5. The predicted molar refractivity (Wildman–Crippen MR) is 239 cm³/mol. The number of urea groups is 1. The number of fused-ring (bicyclic) bond motifs is 2. The first-order valence-electron chi connectivity index (χ1n) is 21.7. The summed E-state index contributed by atoms with van der Waals surface area (Å²) in [5.74, 6) is -2.66. The Bertz CT molecular complexity index is 2650. The second-order valence-corrected chi connectivity index (χ2v) is 17.9. The maximum absolute atomic E-state index is 15.9. The molecule has 3 aromatic heterocycles. The highest BCUT2D eigenvalue weighted by Crippen LogP contribution is 2.51. The number of hydrogen-bond acceptors (Lipinski definition) is 10. The van der Waals surface area contributed by atoms with Gasteiger partial charge >= 0.3 is 6.03 Å². The van der Waals surface area contributed by atoms with Crippen LogP contribution in [0.25, 0.3) is 16.9 Å². The van der Waals surface area contributed by atoms with Gasteiger partial charge in [-0.2, -0.15) is 0 Å². The van der Waals surface area contributed by atoms with Crippen molar-refractivity contribution in [2.45, 2.75) is 57.9 Å². The number of carbonyl (C=O) groups is 4. The number of amides is 5. The molecule has 10 rings (SSSR count). The Labute approximate surface area is 374 Å². The number of nitrogens with one attached hydrogen (secondary N) is 3. The van der Waals surface area contributed by atoms with E-state index in [-0.39, 0.29) is 61.2 Å². The molecule has 15 nitrogen and oxygen atoms in total. The van der Waals surface area contributed by atoms with E-state index in [9.17, 15) is 19.2 Å². The van der Waals surface area contributed by atoms with Crippen molar-refractivity contribution in [1.82, 2.24) is 40.0 Å². The third-order valence-corrected chi connectivity index (χ3v) is 13.6. The number of carbonyl (C=O) groups excluding carboxylic acids is 4. The van der Waals surface area contributed by atoms with Crippen LogP contribution in [0.4, 0.5) is 36.5 Å². The number of piperidine rings is 1. The topological polar surface area (TPSA) is 160 Å². The predicted octanol–water partition coefficient (Wildman–Crippen LogP) is 6.78. The van der Waals surface area contributed by atoms with Gasteiger partial charge in [0.25, 0.3) is 17.7 Å². The highest BCUT2D eigenvalue weighted by Gasteiger charge is 2.62. The van der Waals surface area contributed by atoms with Crippen molar-refractivity contribution in [2.75, 3.05) is 68.5 Å². The van der Waals surface area contributed by atoms with Crippen LogP contribution < -0.4 is 25.8 Å².